The van der Waals surface area contributed by atoms with E-state index in [2.05, 4.69) is 27.7 Å². The molecule has 3 atom stereocenters. The summed E-state index contributed by atoms with van der Waals surface area (Å²) in [5.41, 5.74) is 0. The summed E-state index contributed by atoms with van der Waals surface area (Å²) < 4.78 is 0. The Morgan fingerprint density at radius 1 is 1.47 bits per heavy atom. The van der Waals surface area contributed by atoms with Crippen LogP contribution in [-0.2, 0) is 13.5 Å². The zero-order valence-electron chi connectivity index (χ0n) is 9.64. The van der Waals surface area contributed by atoms with Gasteiger partial charge in [-0.3, -0.25) is 0 Å². The van der Waals surface area contributed by atoms with Crippen molar-refractivity contribution in [3.8, 4) is 0 Å². The molecule has 5 heteroatoms. The summed E-state index contributed by atoms with van der Waals surface area (Å²) in [7, 11) is 3.86. The van der Waals surface area contributed by atoms with Crippen molar-refractivity contribution in [3.63, 3.8) is 0 Å². The maximum Gasteiger partial charge on any atom is 0.175 e. The minimum absolute atomic E-state index is 0.659. The number of hydrogen-bond donors (Lipinski definition) is 1. The minimum Gasteiger partial charge on any atom is -0.317 e. The van der Waals surface area contributed by atoms with Crippen molar-refractivity contribution in [2.24, 2.45) is 18.9 Å². The van der Waals surface area contributed by atoms with Crippen LogP contribution in [-0.4, -0.2) is 33.3 Å². The fourth-order valence-corrected chi connectivity index (χ4v) is 2.58. The van der Waals surface area contributed by atoms with Crippen LogP contribution in [0.4, 0.5) is 0 Å². The zero-order chi connectivity index (χ0) is 10.8. The van der Waals surface area contributed by atoms with E-state index < -0.39 is 0 Å². The highest BCUT2D eigenvalue weighted by Crippen LogP contribution is 2.33. The molecule has 2 rings (SSSR count). The summed E-state index contributed by atoms with van der Waals surface area (Å²) in [5.74, 6) is 2.29. The molecular formula is C10H19N5. The van der Waals surface area contributed by atoms with Crippen molar-refractivity contribution in [1.29, 1.82) is 0 Å². The molecule has 0 radical (unpaired) electrons. The molecule has 0 bridgehead atoms. The highest BCUT2D eigenvalue weighted by Gasteiger charge is 2.32. The standard InChI is InChI=1S/C10H19N5/c1-7-8(4-5-9(7)11-2)6-10-12-14-15(3)13-10/h7-9,11H,4-6H2,1-3H3. The van der Waals surface area contributed by atoms with Gasteiger partial charge in [0.1, 0.15) is 0 Å². The van der Waals surface area contributed by atoms with Crippen molar-refractivity contribution >= 4 is 0 Å². The maximum absolute atomic E-state index is 4.23. The van der Waals surface area contributed by atoms with Gasteiger partial charge in [-0.1, -0.05) is 6.92 Å². The smallest absolute Gasteiger partial charge is 0.175 e. The van der Waals surface area contributed by atoms with Gasteiger partial charge in [0.15, 0.2) is 5.82 Å². The molecule has 1 aliphatic carbocycles. The van der Waals surface area contributed by atoms with Gasteiger partial charge in [0, 0.05) is 12.5 Å². The molecule has 0 amide bonds. The van der Waals surface area contributed by atoms with E-state index in [1.165, 1.54) is 17.6 Å². The highest BCUT2D eigenvalue weighted by molar-refractivity contribution is 4.91. The monoisotopic (exact) mass is 209 g/mol. The third kappa shape index (κ3) is 2.17. The van der Waals surface area contributed by atoms with Gasteiger partial charge in [0.2, 0.25) is 0 Å². The van der Waals surface area contributed by atoms with E-state index in [9.17, 15) is 0 Å². The molecule has 15 heavy (non-hydrogen) atoms. The molecule has 0 aromatic carbocycles. The molecular weight excluding hydrogens is 190 g/mol. The highest BCUT2D eigenvalue weighted by atomic mass is 15.6. The van der Waals surface area contributed by atoms with E-state index in [1.54, 1.807) is 0 Å². The van der Waals surface area contributed by atoms with Gasteiger partial charge in [-0.25, -0.2) is 0 Å². The van der Waals surface area contributed by atoms with Crippen LogP contribution in [0.2, 0.25) is 0 Å². The molecule has 84 valence electrons. The molecule has 1 N–H and O–H groups in total. The molecule has 1 aromatic rings. The molecule has 5 nitrogen and oxygen atoms in total. The maximum atomic E-state index is 4.23. The second-order valence-corrected chi connectivity index (χ2v) is 4.49. The van der Waals surface area contributed by atoms with Crippen molar-refractivity contribution < 1.29 is 0 Å². The molecule has 0 aliphatic heterocycles. The number of tetrazole rings is 1. The Balaban J connectivity index is 1.96. The number of aromatic nitrogens is 4. The van der Waals surface area contributed by atoms with Gasteiger partial charge in [-0.2, -0.15) is 4.80 Å². The van der Waals surface area contributed by atoms with Gasteiger partial charge in [0.05, 0.1) is 7.05 Å². The van der Waals surface area contributed by atoms with Crippen LogP contribution in [0.3, 0.4) is 0 Å². The summed E-state index contributed by atoms with van der Waals surface area (Å²) in [6.45, 7) is 2.31. The van der Waals surface area contributed by atoms with Gasteiger partial charge < -0.3 is 5.32 Å². The first-order valence-electron chi connectivity index (χ1n) is 5.61. The predicted molar refractivity (Wildman–Crippen MR) is 57.2 cm³/mol. The van der Waals surface area contributed by atoms with E-state index in [0.29, 0.717) is 17.9 Å². The van der Waals surface area contributed by atoms with E-state index in [4.69, 9.17) is 0 Å². The Labute approximate surface area is 90.2 Å². The lowest BCUT2D eigenvalue weighted by Gasteiger charge is -2.18. The van der Waals surface area contributed by atoms with Crippen LogP contribution in [0.1, 0.15) is 25.6 Å². The minimum atomic E-state index is 0.659. The molecule has 1 fully saturated rings. The molecule has 3 unspecified atom stereocenters. The summed E-state index contributed by atoms with van der Waals surface area (Å²) >= 11 is 0. The molecule has 1 heterocycles. The normalized spacial score (nSPS) is 31.0. The molecule has 1 saturated carbocycles. The summed E-state index contributed by atoms with van der Waals surface area (Å²) in [6.07, 6.45) is 3.50. The number of nitrogens with one attached hydrogen (secondary N) is 1. The first-order chi connectivity index (χ1) is 7.20. The average Bonchev–Trinajstić information content (AvgIpc) is 2.76. The fraction of sp³-hybridized carbons (Fsp3) is 0.900. The number of nitrogens with zero attached hydrogens (tertiary/aromatic N) is 4. The quantitative estimate of drug-likeness (QED) is 0.782. The van der Waals surface area contributed by atoms with E-state index in [1.807, 2.05) is 14.1 Å². The lowest BCUT2D eigenvalue weighted by atomic mass is 9.92. The van der Waals surface area contributed by atoms with Crippen LogP contribution in [0.25, 0.3) is 0 Å². The van der Waals surface area contributed by atoms with Crippen molar-refractivity contribution in [1.82, 2.24) is 25.5 Å². The third-order valence-electron chi connectivity index (χ3n) is 3.59. The number of rotatable bonds is 3. The van der Waals surface area contributed by atoms with Crippen LogP contribution >= 0.6 is 0 Å². The number of aryl methyl sites for hydroxylation is 1. The van der Waals surface area contributed by atoms with Gasteiger partial charge in [0.25, 0.3) is 0 Å². The first-order valence-corrected chi connectivity index (χ1v) is 5.61. The van der Waals surface area contributed by atoms with Gasteiger partial charge in [-0.15, -0.1) is 10.2 Å². The topological polar surface area (TPSA) is 55.6 Å². The Bertz CT molecular complexity index is 321. The summed E-state index contributed by atoms with van der Waals surface area (Å²) in [4.78, 5) is 1.53. The zero-order valence-corrected chi connectivity index (χ0v) is 9.64. The summed E-state index contributed by atoms with van der Waals surface area (Å²) in [6, 6.07) is 0.659. The lowest BCUT2D eigenvalue weighted by Crippen LogP contribution is -2.29. The Morgan fingerprint density at radius 2 is 2.27 bits per heavy atom. The van der Waals surface area contributed by atoms with E-state index in [-0.39, 0.29) is 0 Å². The summed E-state index contributed by atoms with van der Waals surface area (Å²) in [5, 5.41) is 15.5. The molecule has 0 saturated heterocycles. The van der Waals surface area contributed by atoms with Crippen molar-refractivity contribution in [3.05, 3.63) is 5.82 Å². The largest absolute Gasteiger partial charge is 0.317 e. The second kappa shape index (κ2) is 4.26. The van der Waals surface area contributed by atoms with Crippen molar-refractivity contribution in [2.45, 2.75) is 32.2 Å². The van der Waals surface area contributed by atoms with Gasteiger partial charge >= 0.3 is 0 Å². The molecule has 1 aliphatic rings. The fourth-order valence-electron chi connectivity index (χ4n) is 2.58. The van der Waals surface area contributed by atoms with Crippen molar-refractivity contribution in [2.75, 3.05) is 7.05 Å². The van der Waals surface area contributed by atoms with Crippen LogP contribution in [0.5, 0.6) is 0 Å². The second-order valence-electron chi connectivity index (χ2n) is 4.49. The van der Waals surface area contributed by atoms with Crippen LogP contribution in [0.15, 0.2) is 0 Å². The average molecular weight is 209 g/mol. The Hall–Kier alpha value is -0.970. The van der Waals surface area contributed by atoms with Crippen LogP contribution < -0.4 is 5.32 Å². The third-order valence-corrected chi connectivity index (χ3v) is 3.59. The Kier molecular flexibility index (Phi) is 3.00. The SMILES string of the molecule is CNC1CCC(Cc2nnn(C)n2)C1C. The number of hydrogen-bond acceptors (Lipinski definition) is 4. The van der Waals surface area contributed by atoms with Gasteiger partial charge in [-0.05, 0) is 36.9 Å². The molecule has 0 spiro atoms. The Morgan fingerprint density at radius 3 is 2.80 bits per heavy atom. The lowest BCUT2D eigenvalue weighted by molar-refractivity contribution is 0.359. The molecule has 1 aromatic heterocycles. The van der Waals surface area contributed by atoms with E-state index >= 15 is 0 Å². The van der Waals surface area contributed by atoms with E-state index in [0.717, 1.165) is 12.2 Å². The van der Waals surface area contributed by atoms with Crippen LogP contribution in [0, 0.1) is 11.8 Å². The first kappa shape index (κ1) is 10.5. The predicted octanol–water partition coefficient (Wildman–Crippen LogP) is 0.387.